The molecule has 0 aliphatic heterocycles. The molecule has 0 atom stereocenters. The van der Waals surface area contributed by atoms with Crippen molar-refractivity contribution in [2.24, 2.45) is 0 Å². The van der Waals surface area contributed by atoms with Crippen molar-refractivity contribution < 1.29 is 27.4 Å². The van der Waals surface area contributed by atoms with Crippen LogP contribution in [0.2, 0.25) is 0 Å². The molecule has 2 aromatic carbocycles. The van der Waals surface area contributed by atoms with Gasteiger partial charge >= 0.3 is 0 Å². The van der Waals surface area contributed by atoms with Gasteiger partial charge in [0.25, 0.3) is 5.91 Å². The predicted octanol–water partition coefficient (Wildman–Crippen LogP) is 2.05. The summed E-state index contributed by atoms with van der Waals surface area (Å²) in [7, 11) is 0.931. The molecular weight excluding hydrogens is 358 g/mol. The Labute approximate surface area is 152 Å². The molecule has 26 heavy (non-hydrogen) atoms. The van der Waals surface area contributed by atoms with Gasteiger partial charge in [-0.05, 0) is 35.9 Å². The third-order valence-corrected chi connectivity index (χ3v) is 4.84. The summed E-state index contributed by atoms with van der Waals surface area (Å²) in [5.74, 6) is 0.954. The topological polar surface area (TPSA) is 90.9 Å². The third-order valence-electron chi connectivity index (χ3n) is 3.73. The molecule has 7 nitrogen and oxygen atoms in total. The minimum Gasteiger partial charge on any atom is -0.495 e. The SMILES string of the molecule is COc1ccc(CNC(=O)c2ccc(OC)c(S(C)(=O)=O)c2)cc1OC. The highest BCUT2D eigenvalue weighted by Crippen LogP contribution is 2.28. The highest BCUT2D eigenvalue weighted by molar-refractivity contribution is 7.90. The molecule has 2 aromatic rings. The maximum Gasteiger partial charge on any atom is 0.251 e. The van der Waals surface area contributed by atoms with Crippen molar-refractivity contribution >= 4 is 15.7 Å². The Kier molecular flexibility index (Phi) is 6.10. The molecule has 0 aromatic heterocycles. The molecule has 0 saturated heterocycles. The van der Waals surface area contributed by atoms with Gasteiger partial charge in [-0.3, -0.25) is 4.79 Å². The van der Waals surface area contributed by atoms with Crippen LogP contribution in [-0.2, 0) is 16.4 Å². The molecule has 2 rings (SSSR count). The number of carbonyl (C=O) groups is 1. The summed E-state index contributed by atoms with van der Waals surface area (Å²) < 4.78 is 39.2. The van der Waals surface area contributed by atoms with Crippen molar-refractivity contribution in [2.45, 2.75) is 11.4 Å². The predicted molar refractivity (Wildman–Crippen MR) is 96.8 cm³/mol. The van der Waals surface area contributed by atoms with Crippen LogP contribution >= 0.6 is 0 Å². The highest BCUT2D eigenvalue weighted by atomic mass is 32.2. The lowest BCUT2D eigenvalue weighted by molar-refractivity contribution is 0.0950. The van der Waals surface area contributed by atoms with Crippen LogP contribution in [0.15, 0.2) is 41.3 Å². The molecule has 1 amide bonds. The van der Waals surface area contributed by atoms with E-state index in [2.05, 4.69) is 5.32 Å². The van der Waals surface area contributed by atoms with Gasteiger partial charge in [-0.1, -0.05) is 6.07 Å². The summed E-state index contributed by atoms with van der Waals surface area (Å²) in [5.41, 5.74) is 1.04. The standard InChI is InChI=1S/C18H21NO6S/c1-23-14-7-5-12(9-16(14)25-3)11-19-18(20)13-6-8-15(24-2)17(10-13)26(4,21)22/h5-10H,11H2,1-4H3,(H,19,20). The summed E-state index contributed by atoms with van der Waals surface area (Å²) >= 11 is 0. The van der Waals surface area contributed by atoms with Gasteiger partial charge in [0, 0.05) is 18.4 Å². The normalized spacial score (nSPS) is 10.9. The van der Waals surface area contributed by atoms with Gasteiger partial charge in [-0.15, -0.1) is 0 Å². The van der Waals surface area contributed by atoms with Crippen molar-refractivity contribution in [1.82, 2.24) is 5.32 Å². The van der Waals surface area contributed by atoms with Crippen LogP contribution in [0, 0.1) is 0 Å². The van der Waals surface area contributed by atoms with Crippen LogP contribution in [0.4, 0.5) is 0 Å². The van der Waals surface area contributed by atoms with Gasteiger partial charge in [-0.2, -0.15) is 0 Å². The molecule has 140 valence electrons. The third kappa shape index (κ3) is 4.45. The minimum atomic E-state index is -3.52. The molecule has 0 heterocycles. The Bertz CT molecular complexity index is 908. The van der Waals surface area contributed by atoms with E-state index in [-0.39, 0.29) is 22.8 Å². The van der Waals surface area contributed by atoms with Crippen molar-refractivity contribution in [3.63, 3.8) is 0 Å². The lowest BCUT2D eigenvalue weighted by Crippen LogP contribution is -2.23. The van der Waals surface area contributed by atoms with Crippen molar-refractivity contribution in [1.29, 1.82) is 0 Å². The Morgan fingerprint density at radius 2 is 1.54 bits per heavy atom. The van der Waals surface area contributed by atoms with Crippen LogP contribution in [0.3, 0.4) is 0 Å². The quantitative estimate of drug-likeness (QED) is 0.792. The van der Waals surface area contributed by atoms with E-state index >= 15 is 0 Å². The number of benzene rings is 2. The zero-order valence-electron chi connectivity index (χ0n) is 15.0. The molecular formula is C18H21NO6S. The number of ether oxygens (including phenoxy) is 3. The minimum absolute atomic E-state index is 0.0289. The number of carbonyl (C=O) groups excluding carboxylic acids is 1. The fraction of sp³-hybridized carbons (Fsp3) is 0.278. The Balaban J connectivity index is 2.18. The summed E-state index contributed by atoms with van der Waals surface area (Å²) in [5, 5.41) is 2.75. The van der Waals surface area contributed by atoms with Gasteiger partial charge in [-0.25, -0.2) is 8.42 Å². The van der Waals surface area contributed by atoms with Crippen LogP contribution in [0.5, 0.6) is 17.2 Å². The van der Waals surface area contributed by atoms with Crippen molar-refractivity contribution in [3.05, 3.63) is 47.5 Å². The Hall–Kier alpha value is -2.74. The van der Waals surface area contributed by atoms with Crippen LogP contribution in [0.1, 0.15) is 15.9 Å². The highest BCUT2D eigenvalue weighted by Gasteiger charge is 2.17. The van der Waals surface area contributed by atoms with Gasteiger partial charge in [0.05, 0.1) is 21.3 Å². The first-order valence-corrected chi connectivity index (χ1v) is 9.56. The summed E-state index contributed by atoms with van der Waals surface area (Å²) in [6, 6.07) is 9.58. The number of hydrogen-bond donors (Lipinski definition) is 1. The molecule has 8 heteroatoms. The van der Waals surface area contributed by atoms with Crippen LogP contribution in [0.25, 0.3) is 0 Å². The number of rotatable bonds is 7. The van der Waals surface area contributed by atoms with Crippen LogP contribution in [-0.4, -0.2) is 41.9 Å². The zero-order chi connectivity index (χ0) is 19.3. The first kappa shape index (κ1) is 19.6. The van der Waals surface area contributed by atoms with E-state index < -0.39 is 15.7 Å². The number of amides is 1. The number of hydrogen-bond acceptors (Lipinski definition) is 6. The smallest absolute Gasteiger partial charge is 0.251 e. The second-order valence-corrected chi connectivity index (χ2v) is 7.49. The summed E-state index contributed by atoms with van der Waals surface area (Å²) in [4.78, 5) is 12.3. The number of nitrogens with one attached hydrogen (secondary N) is 1. The molecule has 0 fully saturated rings. The molecule has 0 radical (unpaired) electrons. The van der Waals surface area contributed by atoms with E-state index in [1.165, 1.54) is 32.4 Å². The monoisotopic (exact) mass is 379 g/mol. The number of methoxy groups -OCH3 is 3. The van der Waals surface area contributed by atoms with E-state index in [1.807, 2.05) is 0 Å². The maximum atomic E-state index is 12.4. The van der Waals surface area contributed by atoms with Crippen molar-refractivity contribution in [2.75, 3.05) is 27.6 Å². The largest absolute Gasteiger partial charge is 0.495 e. The molecule has 0 unspecified atom stereocenters. The van der Waals surface area contributed by atoms with E-state index in [1.54, 1.807) is 25.3 Å². The average Bonchev–Trinajstić information content (AvgIpc) is 2.64. The van der Waals surface area contributed by atoms with Crippen LogP contribution < -0.4 is 19.5 Å². The van der Waals surface area contributed by atoms with E-state index in [0.717, 1.165) is 11.8 Å². The number of sulfone groups is 1. The van der Waals surface area contributed by atoms with Gasteiger partial charge in [0.15, 0.2) is 21.3 Å². The first-order chi connectivity index (χ1) is 12.3. The van der Waals surface area contributed by atoms with Gasteiger partial charge in [0.2, 0.25) is 0 Å². The second-order valence-electron chi connectivity index (χ2n) is 5.51. The fourth-order valence-corrected chi connectivity index (χ4v) is 3.24. The van der Waals surface area contributed by atoms with Gasteiger partial charge in [0.1, 0.15) is 10.6 Å². The van der Waals surface area contributed by atoms with E-state index in [4.69, 9.17) is 14.2 Å². The molecule has 0 bridgehead atoms. The van der Waals surface area contributed by atoms with E-state index in [0.29, 0.717) is 11.5 Å². The molecule has 0 aliphatic carbocycles. The van der Waals surface area contributed by atoms with Crippen molar-refractivity contribution in [3.8, 4) is 17.2 Å². The average molecular weight is 379 g/mol. The molecule has 0 saturated carbocycles. The fourth-order valence-electron chi connectivity index (χ4n) is 2.38. The lowest BCUT2D eigenvalue weighted by Gasteiger charge is -2.11. The van der Waals surface area contributed by atoms with Gasteiger partial charge < -0.3 is 19.5 Å². The molecule has 0 spiro atoms. The lowest BCUT2D eigenvalue weighted by atomic mass is 10.1. The summed E-state index contributed by atoms with van der Waals surface area (Å²) in [6.45, 7) is 0.249. The Morgan fingerprint density at radius 1 is 0.923 bits per heavy atom. The molecule has 0 aliphatic rings. The second kappa shape index (κ2) is 8.09. The zero-order valence-corrected chi connectivity index (χ0v) is 15.8. The van der Waals surface area contributed by atoms with E-state index in [9.17, 15) is 13.2 Å². The Morgan fingerprint density at radius 3 is 2.12 bits per heavy atom. The molecule has 1 N–H and O–H groups in total. The summed E-state index contributed by atoms with van der Waals surface area (Å²) in [6.07, 6.45) is 1.07. The first-order valence-electron chi connectivity index (χ1n) is 7.67. The maximum absolute atomic E-state index is 12.4.